The van der Waals surface area contributed by atoms with E-state index in [0.29, 0.717) is 0 Å². The van der Waals surface area contributed by atoms with Crippen molar-refractivity contribution >= 4 is 0 Å². The van der Waals surface area contributed by atoms with Crippen LogP contribution in [0.4, 0.5) is 0 Å². The SMILES string of the molecule is CCN(CCc1ccccc1)[C](C)N. The molecule has 0 aliphatic heterocycles. The summed E-state index contributed by atoms with van der Waals surface area (Å²) in [6.07, 6.45) is 1.96. The Bertz CT molecular complexity index is 244. The van der Waals surface area contributed by atoms with Gasteiger partial charge in [0, 0.05) is 6.54 Å². The van der Waals surface area contributed by atoms with Crippen LogP contribution in [0.25, 0.3) is 0 Å². The van der Waals surface area contributed by atoms with E-state index in [0.717, 1.165) is 25.7 Å². The lowest BCUT2D eigenvalue weighted by atomic mass is 10.1. The smallest absolute Gasteiger partial charge is 0.0978 e. The lowest BCUT2D eigenvalue weighted by Gasteiger charge is -2.23. The molecule has 2 nitrogen and oxygen atoms in total. The van der Waals surface area contributed by atoms with Gasteiger partial charge < -0.3 is 5.73 Å². The summed E-state index contributed by atoms with van der Waals surface area (Å²) in [7, 11) is 0. The second-order valence-electron chi connectivity index (χ2n) is 3.46. The second kappa shape index (κ2) is 5.78. The number of rotatable bonds is 5. The summed E-state index contributed by atoms with van der Waals surface area (Å²) in [6, 6.07) is 10.5. The highest BCUT2D eigenvalue weighted by Crippen LogP contribution is 2.04. The standard InChI is InChI=1S/C12H19N2/c1-3-14(11(2)13)10-9-12-7-5-4-6-8-12/h4-8H,3,9-10,13H2,1-2H3. The number of likely N-dealkylation sites (N-methyl/N-ethyl adjacent to an activating group) is 1. The van der Waals surface area contributed by atoms with Gasteiger partial charge in [-0.15, -0.1) is 0 Å². The van der Waals surface area contributed by atoms with Gasteiger partial charge in [-0.3, -0.25) is 4.90 Å². The zero-order valence-electron chi connectivity index (χ0n) is 9.03. The molecular weight excluding hydrogens is 172 g/mol. The lowest BCUT2D eigenvalue weighted by Crippen LogP contribution is -2.33. The van der Waals surface area contributed by atoms with Crippen LogP contribution in [-0.4, -0.2) is 18.0 Å². The van der Waals surface area contributed by atoms with Gasteiger partial charge in [-0.1, -0.05) is 37.3 Å². The van der Waals surface area contributed by atoms with E-state index < -0.39 is 0 Å². The molecule has 14 heavy (non-hydrogen) atoms. The van der Waals surface area contributed by atoms with E-state index in [1.54, 1.807) is 0 Å². The highest BCUT2D eigenvalue weighted by Gasteiger charge is 2.07. The van der Waals surface area contributed by atoms with E-state index in [-0.39, 0.29) is 0 Å². The minimum atomic E-state index is 0.906. The molecule has 0 heterocycles. The summed E-state index contributed by atoms with van der Waals surface area (Å²) in [5.41, 5.74) is 7.12. The third kappa shape index (κ3) is 3.48. The van der Waals surface area contributed by atoms with Gasteiger partial charge in [-0.25, -0.2) is 0 Å². The van der Waals surface area contributed by atoms with Gasteiger partial charge in [0.2, 0.25) is 0 Å². The maximum atomic E-state index is 5.75. The second-order valence-corrected chi connectivity index (χ2v) is 3.46. The first-order chi connectivity index (χ1) is 6.74. The van der Waals surface area contributed by atoms with E-state index in [1.807, 2.05) is 13.0 Å². The normalized spacial score (nSPS) is 11.2. The van der Waals surface area contributed by atoms with Crippen LogP contribution in [0.15, 0.2) is 30.3 Å². The summed E-state index contributed by atoms with van der Waals surface area (Å²) >= 11 is 0. The quantitative estimate of drug-likeness (QED) is 0.771. The van der Waals surface area contributed by atoms with E-state index >= 15 is 0 Å². The fourth-order valence-electron chi connectivity index (χ4n) is 1.49. The highest BCUT2D eigenvalue weighted by atomic mass is 15.2. The molecule has 0 aromatic heterocycles. The molecule has 2 heteroatoms. The average Bonchev–Trinajstić information content (AvgIpc) is 2.20. The van der Waals surface area contributed by atoms with Crippen LogP contribution >= 0.6 is 0 Å². The van der Waals surface area contributed by atoms with E-state index in [9.17, 15) is 0 Å². The number of hydrogen-bond acceptors (Lipinski definition) is 2. The van der Waals surface area contributed by atoms with Crippen molar-refractivity contribution in [1.29, 1.82) is 0 Å². The summed E-state index contributed by atoms with van der Waals surface area (Å²) < 4.78 is 0. The highest BCUT2D eigenvalue weighted by molar-refractivity contribution is 5.14. The maximum Gasteiger partial charge on any atom is 0.0978 e. The zero-order valence-corrected chi connectivity index (χ0v) is 9.03. The molecule has 1 radical (unpaired) electrons. The Hall–Kier alpha value is -0.860. The summed E-state index contributed by atoms with van der Waals surface area (Å²) in [5, 5.41) is 0. The number of hydrogen-bond donors (Lipinski definition) is 1. The molecule has 0 spiro atoms. The van der Waals surface area contributed by atoms with Crippen LogP contribution in [0.3, 0.4) is 0 Å². The molecule has 0 saturated heterocycles. The van der Waals surface area contributed by atoms with Gasteiger partial charge in [-0.05, 0) is 25.5 Å². The van der Waals surface area contributed by atoms with Crippen molar-refractivity contribution in [1.82, 2.24) is 4.90 Å². The van der Waals surface area contributed by atoms with Crippen molar-refractivity contribution < 1.29 is 0 Å². The van der Waals surface area contributed by atoms with Crippen LogP contribution in [-0.2, 0) is 6.42 Å². The van der Waals surface area contributed by atoms with E-state index in [2.05, 4.69) is 36.1 Å². The molecule has 0 fully saturated rings. The molecule has 2 N–H and O–H groups in total. The largest absolute Gasteiger partial charge is 0.311 e. The van der Waals surface area contributed by atoms with Crippen LogP contribution < -0.4 is 5.73 Å². The molecule has 1 rings (SSSR count). The maximum absolute atomic E-state index is 5.75. The van der Waals surface area contributed by atoms with Gasteiger partial charge in [0.25, 0.3) is 0 Å². The Labute approximate surface area is 86.7 Å². The molecule has 0 aliphatic carbocycles. The fraction of sp³-hybridized carbons (Fsp3) is 0.417. The van der Waals surface area contributed by atoms with E-state index in [1.165, 1.54) is 5.56 Å². The first kappa shape index (κ1) is 11.2. The minimum absolute atomic E-state index is 0.906. The van der Waals surface area contributed by atoms with E-state index in [4.69, 9.17) is 5.73 Å². The van der Waals surface area contributed by atoms with Gasteiger partial charge >= 0.3 is 0 Å². The molecule has 0 atom stereocenters. The summed E-state index contributed by atoms with van der Waals surface area (Å²) in [4.78, 5) is 2.19. The van der Waals surface area contributed by atoms with Gasteiger partial charge in [0.05, 0.1) is 6.17 Å². The molecular formula is C12H19N2. The third-order valence-electron chi connectivity index (χ3n) is 2.39. The van der Waals surface area contributed by atoms with Gasteiger partial charge in [0.15, 0.2) is 0 Å². The van der Waals surface area contributed by atoms with Crippen molar-refractivity contribution in [2.24, 2.45) is 5.73 Å². The van der Waals surface area contributed by atoms with Crippen molar-refractivity contribution in [3.8, 4) is 0 Å². The predicted molar refractivity (Wildman–Crippen MR) is 60.5 cm³/mol. The predicted octanol–water partition coefficient (Wildman–Crippen LogP) is 2.02. The molecule has 0 bridgehead atoms. The van der Waals surface area contributed by atoms with Crippen LogP contribution in [0.1, 0.15) is 19.4 Å². The average molecular weight is 191 g/mol. The number of nitrogens with two attached hydrogens (primary N) is 1. The van der Waals surface area contributed by atoms with Crippen molar-refractivity contribution in [2.45, 2.75) is 20.3 Å². The lowest BCUT2D eigenvalue weighted by molar-refractivity contribution is 0.305. The van der Waals surface area contributed by atoms with Gasteiger partial charge in [-0.2, -0.15) is 0 Å². The molecule has 1 aromatic carbocycles. The molecule has 0 aliphatic rings. The Morgan fingerprint density at radius 1 is 1.29 bits per heavy atom. The van der Waals surface area contributed by atoms with Crippen molar-refractivity contribution in [3.63, 3.8) is 0 Å². The first-order valence-electron chi connectivity index (χ1n) is 5.12. The number of benzene rings is 1. The van der Waals surface area contributed by atoms with Gasteiger partial charge in [0.1, 0.15) is 0 Å². The molecule has 0 amide bonds. The minimum Gasteiger partial charge on any atom is -0.311 e. The monoisotopic (exact) mass is 191 g/mol. The Morgan fingerprint density at radius 2 is 1.93 bits per heavy atom. The van der Waals surface area contributed by atoms with Crippen molar-refractivity contribution in [2.75, 3.05) is 13.1 Å². The summed E-state index contributed by atoms with van der Waals surface area (Å²) in [5.74, 6) is 0. The molecule has 0 saturated carbocycles. The topological polar surface area (TPSA) is 29.3 Å². The van der Waals surface area contributed by atoms with Crippen molar-refractivity contribution in [3.05, 3.63) is 42.1 Å². The Morgan fingerprint density at radius 3 is 2.43 bits per heavy atom. The zero-order chi connectivity index (χ0) is 10.4. The fourth-order valence-corrected chi connectivity index (χ4v) is 1.49. The summed E-state index contributed by atoms with van der Waals surface area (Å²) in [6.45, 7) is 6.06. The molecule has 77 valence electrons. The third-order valence-corrected chi connectivity index (χ3v) is 2.39. The first-order valence-corrected chi connectivity index (χ1v) is 5.12. The number of nitrogens with zero attached hydrogens (tertiary/aromatic N) is 1. The molecule has 0 unspecified atom stereocenters. The van der Waals surface area contributed by atoms with Crippen LogP contribution in [0.2, 0.25) is 0 Å². The molecule has 1 aromatic rings. The van der Waals surface area contributed by atoms with Crippen LogP contribution in [0, 0.1) is 6.17 Å². The Kier molecular flexibility index (Phi) is 4.63. The Balaban J connectivity index is 2.40. The van der Waals surface area contributed by atoms with Crippen LogP contribution in [0.5, 0.6) is 0 Å².